The lowest BCUT2D eigenvalue weighted by Crippen LogP contribution is -2.43. The first-order chi connectivity index (χ1) is 13.6. The molecule has 0 saturated carbocycles. The van der Waals surface area contributed by atoms with Gasteiger partial charge in [0.1, 0.15) is 0 Å². The zero-order valence-electron chi connectivity index (χ0n) is 16.1. The summed E-state index contributed by atoms with van der Waals surface area (Å²) in [4.78, 5) is 31.3. The van der Waals surface area contributed by atoms with Gasteiger partial charge in [-0.25, -0.2) is 4.98 Å². The topological polar surface area (TPSA) is 80.8 Å². The summed E-state index contributed by atoms with van der Waals surface area (Å²) in [6, 6.07) is 5.23. The molecular formula is C20H25N3O4S. The van der Waals surface area contributed by atoms with Crippen molar-refractivity contribution in [1.82, 2.24) is 9.88 Å². The van der Waals surface area contributed by atoms with Crippen LogP contribution < -0.4 is 14.8 Å². The molecule has 2 amide bonds. The molecule has 0 radical (unpaired) electrons. The maximum atomic E-state index is 13.0. The highest BCUT2D eigenvalue weighted by Gasteiger charge is 2.29. The number of nitrogens with zero attached hydrogens (tertiary/aromatic N) is 2. The Kier molecular flexibility index (Phi) is 6.86. The summed E-state index contributed by atoms with van der Waals surface area (Å²) in [7, 11) is 0. The van der Waals surface area contributed by atoms with Crippen molar-refractivity contribution < 1.29 is 19.1 Å². The molecule has 1 aliphatic heterocycles. The number of amides is 2. The van der Waals surface area contributed by atoms with Crippen molar-refractivity contribution >= 4 is 28.3 Å². The summed E-state index contributed by atoms with van der Waals surface area (Å²) in [6.07, 6.45) is 3.20. The van der Waals surface area contributed by atoms with Crippen LogP contribution in [0, 0.1) is 5.92 Å². The standard InChI is InChI=1S/C20H25N3O4S/c1-3-26-16-8-7-14(12-17(16)27-4-2)19(25)23-10-5-6-15(13-23)18(24)22-20-21-9-11-28-20/h7-9,11-12,15H,3-6,10,13H2,1-2H3,(H,21,22,24)/t15-/m0/s1. The van der Waals surface area contributed by atoms with E-state index in [1.54, 1.807) is 29.3 Å². The lowest BCUT2D eigenvalue weighted by molar-refractivity contribution is -0.121. The van der Waals surface area contributed by atoms with Crippen LogP contribution in [0.5, 0.6) is 11.5 Å². The molecule has 3 rings (SSSR count). The molecule has 8 heteroatoms. The van der Waals surface area contributed by atoms with E-state index in [0.29, 0.717) is 48.5 Å². The van der Waals surface area contributed by atoms with E-state index < -0.39 is 0 Å². The molecule has 0 bridgehead atoms. The average Bonchev–Trinajstić information content (AvgIpc) is 3.22. The van der Waals surface area contributed by atoms with Gasteiger partial charge in [-0.3, -0.25) is 9.59 Å². The molecule has 28 heavy (non-hydrogen) atoms. The van der Waals surface area contributed by atoms with E-state index in [1.165, 1.54) is 11.3 Å². The number of ether oxygens (including phenoxy) is 2. The van der Waals surface area contributed by atoms with Crippen LogP contribution in [-0.2, 0) is 4.79 Å². The molecule has 1 saturated heterocycles. The number of anilines is 1. The monoisotopic (exact) mass is 403 g/mol. The predicted octanol–water partition coefficient (Wildman–Crippen LogP) is 3.43. The molecule has 1 atom stereocenters. The maximum Gasteiger partial charge on any atom is 0.254 e. The van der Waals surface area contributed by atoms with Crippen LogP contribution in [-0.4, -0.2) is 48.0 Å². The first-order valence-corrected chi connectivity index (χ1v) is 10.4. The van der Waals surface area contributed by atoms with Crippen molar-refractivity contribution in [3.8, 4) is 11.5 Å². The van der Waals surface area contributed by atoms with Gasteiger partial charge in [0.15, 0.2) is 16.6 Å². The summed E-state index contributed by atoms with van der Waals surface area (Å²) in [5.74, 6) is 0.756. The molecule has 2 aromatic rings. The first-order valence-electron chi connectivity index (χ1n) is 9.51. The van der Waals surface area contributed by atoms with Gasteiger partial charge in [-0.2, -0.15) is 0 Å². The average molecular weight is 404 g/mol. The number of likely N-dealkylation sites (tertiary alicyclic amines) is 1. The third kappa shape index (κ3) is 4.81. The summed E-state index contributed by atoms with van der Waals surface area (Å²) < 4.78 is 11.2. The number of nitrogens with one attached hydrogen (secondary N) is 1. The van der Waals surface area contributed by atoms with E-state index >= 15 is 0 Å². The van der Waals surface area contributed by atoms with Crippen LogP contribution in [0.25, 0.3) is 0 Å². The molecule has 7 nitrogen and oxygen atoms in total. The maximum absolute atomic E-state index is 13.0. The summed E-state index contributed by atoms with van der Waals surface area (Å²) in [5, 5.41) is 5.23. The van der Waals surface area contributed by atoms with Gasteiger partial charge in [-0.1, -0.05) is 0 Å². The number of piperidine rings is 1. The van der Waals surface area contributed by atoms with Gasteiger partial charge in [-0.15, -0.1) is 11.3 Å². The van der Waals surface area contributed by atoms with Gasteiger partial charge >= 0.3 is 0 Å². The highest BCUT2D eigenvalue weighted by molar-refractivity contribution is 7.13. The minimum Gasteiger partial charge on any atom is -0.490 e. The van der Waals surface area contributed by atoms with Gasteiger partial charge in [0.2, 0.25) is 5.91 Å². The third-order valence-corrected chi connectivity index (χ3v) is 5.22. The van der Waals surface area contributed by atoms with Gasteiger partial charge < -0.3 is 19.7 Å². The Balaban J connectivity index is 1.69. The second-order valence-corrected chi connectivity index (χ2v) is 7.34. The lowest BCUT2D eigenvalue weighted by Gasteiger charge is -2.32. The number of hydrogen-bond donors (Lipinski definition) is 1. The minimum atomic E-state index is -0.240. The SMILES string of the molecule is CCOc1ccc(C(=O)N2CCC[C@H](C(=O)Nc3nccs3)C2)cc1OCC. The number of hydrogen-bond acceptors (Lipinski definition) is 6. The Morgan fingerprint density at radius 2 is 2.04 bits per heavy atom. The molecule has 1 aromatic carbocycles. The second kappa shape index (κ2) is 9.54. The number of rotatable bonds is 7. The molecule has 0 spiro atoms. The molecule has 1 aromatic heterocycles. The molecule has 0 aliphatic carbocycles. The van der Waals surface area contributed by atoms with Crippen molar-refractivity contribution in [2.24, 2.45) is 5.92 Å². The Bertz CT molecular complexity index is 810. The number of thiazole rings is 1. The number of carbonyl (C=O) groups is 2. The Hall–Kier alpha value is -2.61. The van der Waals surface area contributed by atoms with Crippen molar-refractivity contribution in [3.63, 3.8) is 0 Å². The fourth-order valence-electron chi connectivity index (χ4n) is 3.23. The Morgan fingerprint density at radius 1 is 1.25 bits per heavy atom. The quantitative estimate of drug-likeness (QED) is 0.766. The molecular weight excluding hydrogens is 378 g/mol. The van der Waals surface area contributed by atoms with Gasteiger partial charge in [0.05, 0.1) is 19.1 Å². The van der Waals surface area contributed by atoms with E-state index in [0.717, 1.165) is 12.8 Å². The van der Waals surface area contributed by atoms with E-state index in [4.69, 9.17) is 9.47 Å². The summed E-state index contributed by atoms with van der Waals surface area (Å²) in [5.41, 5.74) is 0.535. The van der Waals surface area contributed by atoms with E-state index in [2.05, 4.69) is 10.3 Å². The second-order valence-electron chi connectivity index (χ2n) is 6.44. The molecule has 150 valence electrons. The van der Waals surface area contributed by atoms with E-state index in [-0.39, 0.29) is 17.7 Å². The normalized spacial score (nSPS) is 16.5. The van der Waals surface area contributed by atoms with Crippen molar-refractivity contribution in [3.05, 3.63) is 35.3 Å². The zero-order chi connectivity index (χ0) is 19.9. The predicted molar refractivity (Wildman–Crippen MR) is 108 cm³/mol. The molecule has 1 fully saturated rings. The van der Waals surface area contributed by atoms with Gasteiger partial charge in [0, 0.05) is 30.2 Å². The zero-order valence-corrected chi connectivity index (χ0v) is 17.0. The molecule has 1 aliphatic rings. The lowest BCUT2D eigenvalue weighted by atomic mass is 9.96. The molecule has 2 heterocycles. The minimum absolute atomic E-state index is 0.0888. The Morgan fingerprint density at radius 3 is 2.75 bits per heavy atom. The fraction of sp³-hybridized carbons (Fsp3) is 0.450. The first kappa shape index (κ1) is 20.1. The van der Waals surface area contributed by atoms with Crippen LogP contribution in [0.3, 0.4) is 0 Å². The number of carbonyl (C=O) groups excluding carboxylic acids is 2. The summed E-state index contributed by atoms with van der Waals surface area (Å²) >= 11 is 1.38. The van der Waals surface area contributed by atoms with Crippen molar-refractivity contribution in [1.29, 1.82) is 0 Å². The van der Waals surface area contributed by atoms with Crippen LogP contribution in [0.2, 0.25) is 0 Å². The number of aromatic nitrogens is 1. The van der Waals surface area contributed by atoms with Crippen molar-refractivity contribution in [2.75, 3.05) is 31.6 Å². The van der Waals surface area contributed by atoms with Crippen LogP contribution in [0.4, 0.5) is 5.13 Å². The fourth-order valence-corrected chi connectivity index (χ4v) is 3.77. The smallest absolute Gasteiger partial charge is 0.254 e. The third-order valence-electron chi connectivity index (χ3n) is 4.53. The summed E-state index contributed by atoms with van der Waals surface area (Å²) in [6.45, 7) is 5.83. The number of benzene rings is 1. The van der Waals surface area contributed by atoms with Crippen LogP contribution in [0.1, 0.15) is 37.0 Å². The highest BCUT2D eigenvalue weighted by atomic mass is 32.1. The van der Waals surface area contributed by atoms with Crippen LogP contribution >= 0.6 is 11.3 Å². The molecule has 1 N–H and O–H groups in total. The van der Waals surface area contributed by atoms with E-state index in [1.807, 2.05) is 19.2 Å². The van der Waals surface area contributed by atoms with Gasteiger partial charge in [0.25, 0.3) is 5.91 Å². The van der Waals surface area contributed by atoms with Gasteiger partial charge in [-0.05, 0) is 44.9 Å². The van der Waals surface area contributed by atoms with Crippen molar-refractivity contribution in [2.45, 2.75) is 26.7 Å². The van der Waals surface area contributed by atoms with Crippen LogP contribution in [0.15, 0.2) is 29.8 Å². The largest absolute Gasteiger partial charge is 0.490 e. The van der Waals surface area contributed by atoms with E-state index in [9.17, 15) is 9.59 Å². The Labute approximate surface area is 168 Å². The molecule has 0 unspecified atom stereocenters. The highest BCUT2D eigenvalue weighted by Crippen LogP contribution is 2.30.